The Morgan fingerprint density at radius 1 is 1.11 bits per heavy atom. The van der Waals surface area contributed by atoms with E-state index in [4.69, 9.17) is 0 Å². The first kappa shape index (κ1) is 13.5. The number of rotatable bonds is 4. The van der Waals surface area contributed by atoms with Crippen LogP contribution in [0.15, 0.2) is 18.2 Å². The molecule has 3 heteroatoms. The van der Waals surface area contributed by atoms with Crippen molar-refractivity contribution in [1.82, 2.24) is 5.32 Å². The number of hydrogen-bond donors (Lipinski definition) is 1. The first-order chi connectivity index (χ1) is 8.37. The lowest BCUT2D eigenvalue weighted by Gasteiger charge is -2.54. The average Bonchev–Trinajstić information content (AvgIpc) is 2.21. The Kier molecular flexibility index (Phi) is 3.45. The molecule has 1 aromatic carbocycles. The summed E-state index contributed by atoms with van der Waals surface area (Å²) in [5.74, 6) is -0.962. The fourth-order valence-corrected chi connectivity index (χ4v) is 3.44. The second-order valence-electron chi connectivity index (χ2n) is 6.24. The molecule has 1 nitrogen and oxygen atoms in total. The highest BCUT2D eigenvalue weighted by Gasteiger charge is 2.49. The Morgan fingerprint density at radius 3 is 2.11 bits per heavy atom. The van der Waals surface area contributed by atoms with Crippen LogP contribution >= 0.6 is 0 Å². The summed E-state index contributed by atoms with van der Waals surface area (Å²) < 4.78 is 26.7. The van der Waals surface area contributed by atoms with Crippen LogP contribution in [0.5, 0.6) is 0 Å². The number of nitrogens with one attached hydrogen (secondary N) is 1. The molecule has 1 aromatic rings. The molecule has 18 heavy (non-hydrogen) atoms. The van der Waals surface area contributed by atoms with E-state index in [1.54, 1.807) is 0 Å². The molecular formula is C15H21F2N. The summed E-state index contributed by atoms with van der Waals surface area (Å²) in [4.78, 5) is 0. The maximum absolute atomic E-state index is 13.4. The van der Waals surface area contributed by atoms with Gasteiger partial charge in [0.25, 0.3) is 0 Å². The van der Waals surface area contributed by atoms with Crippen molar-refractivity contribution in [3.63, 3.8) is 0 Å². The van der Waals surface area contributed by atoms with E-state index in [-0.39, 0.29) is 10.8 Å². The van der Waals surface area contributed by atoms with Gasteiger partial charge in [-0.05, 0) is 42.5 Å². The van der Waals surface area contributed by atoms with Gasteiger partial charge in [0.05, 0.1) is 0 Å². The normalized spacial score (nSPS) is 20.5. The largest absolute Gasteiger partial charge is 0.316 e. The van der Waals surface area contributed by atoms with Crippen molar-refractivity contribution in [3.05, 3.63) is 35.4 Å². The Balaban J connectivity index is 2.29. The molecule has 0 aromatic heterocycles. The minimum Gasteiger partial charge on any atom is -0.316 e. The van der Waals surface area contributed by atoms with E-state index in [1.807, 2.05) is 6.92 Å². The molecule has 0 amide bonds. The number of benzene rings is 1. The van der Waals surface area contributed by atoms with Crippen LogP contribution in [0.4, 0.5) is 8.78 Å². The highest BCUT2D eigenvalue weighted by Crippen LogP contribution is 2.55. The Hall–Kier alpha value is -0.960. The lowest BCUT2D eigenvalue weighted by atomic mass is 9.52. The highest BCUT2D eigenvalue weighted by atomic mass is 19.1. The Labute approximate surface area is 108 Å². The molecular weight excluding hydrogens is 232 g/mol. The second kappa shape index (κ2) is 4.61. The first-order valence-electron chi connectivity index (χ1n) is 6.54. The number of halogens is 2. The standard InChI is InChI=1S/C15H21F2N/c1-4-18-10-15(8-14(2,3)9-15)11-5-12(16)7-13(17)6-11/h5-7,18H,4,8-10H2,1-3H3. The zero-order chi connectivity index (χ0) is 13.4. The van der Waals surface area contributed by atoms with Gasteiger partial charge < -0.3 is 5.32 Å². The van der Waals surface area contributed by atoms with Crippen LogP contribution < -0.4 is 5.32 Å². The fourth-order valence-electron chi connectivity index (χ4n) is 3.44. The van der Waals surface area contributed by atoms with Crippen LogP contribution in [0.25, 0.3) is 0 Å². The molecule has 0 spiro atoms. The van der Waals surface area contributed by atoms with Crippen molar-refractivity contribution in [2.45, 2.75) is 39.0 Å². The van der Waals surface area contributed by atoms with Gasteiger partial charge in [0.1, 0.15) is 11.6 Å². The van der Waals surface area contributed by atoms with E-state index in [9.17, 15) is 8.78 Å². The molecule has 0 unspecified atom stereocenters. The molecule has 0 aliphatic heterocycles. The van der Waals surface area contributed by atoms with E-state index in [1.165, 1.54) is 12.1 Å². The van der Waals surface area contributed by atoms with Gasteiger partial charge in [-0.1, -0.05) is 20.8 Å². The minimum absolute atomic E-state index is 0.109. The van der Waals surface area contributed by atoms with Crippen molar-refractivity contribution in [2.75, 3.05) is 13.1 Å². The summed E-state index contributed by atoms with van der Waals surface area (Å²) in [6, 6.07) is 3.90. The van der Waals surface area contributed by atoms with E-state index in [0.29, 0.717) is 0 Å². The molecule has 0 radical (unpaired) electrons. The number of hydrogen-bond acceptors (Lipinski definition) is 1. The minimum atomic E-state index is -0.481. The lowest BCUT2D eigenvalue weighted by molar-refractivity contribution is 0.0562. The molecule has 0 saturated heterocycles. The van der Waals surface area contributed by atoms with E-state index in [2.05, 4.69) is 19.2 Å². The topological polar surface area (TPSA) is 12.0 Å². The van der Waals surface area contributed by atoms with Gasteiger partial charge in [-0.3, -0.25) is 0 Å². The first-order valence-corrected chi connectivity index (χ1v) is 6.54. The summed E-state index contributed by atoms with van der Waals surface area (Å²) in [7, 11) is 0. The SMILES string of the molecule is CCNCC1(c2cc(F)cc(F)c2)CC(C)(C)C1. The summed E-state index contributed by atoms with van der Waals surface area (Å²) in [5, 5.41) is 3.32. The average molecular weight is 253 g/mol. The number of likely N-dealkylation sites (N-methyl/N-ethyl adjacent to an activating group) is 1. The summed E-state index contributed by atoms with van der Waals surface area (Å²) in [6.07, 6.45) is 1.94. The van der Waals surface area contributed by atoms with E-state index in [0.717, 1.165) is 37.6 Å². The molecule has 0 bridgehead atoms. The molecule has 0 atom stereocenters. The van der Waals surface area contributed by atoms with Crippen molar-refractivity contribution < 1.29 is 8.78 Å². The van der Waals surface area contributed by atoms with Gasteiger partial charge in [0.2, 0.25) is 0 Å². The molecule has 1 fully saturated rings. The Morgan fingerprint density at radius 2 is 1.67 bits per heavy atom. The fraction of sp³-hybridized carbons (Fsp3) is 0.600. The van der Waals surface area contributed by atoms with Crippen LogP contribution in [0.2, 0.25) is 0 Å². The second-order valence-corrected chi connectivity index (χ2v) is 6.24. The van der Waals surface area contributed by atoms with E-state index < -0.39 is 11.6 Å². The Bertz CT molecular complexity index is 412. The molecule has 1 N–H and O–H groups in total. The zero-order valence-electron chi connectivity index (χ0n) is 11.3. The summed E-state index contributed by atoms with van der Waals surface area (Å²) >= 11 is 0. The van der Waals surface area contributed by atoms with Crippen molar-refractivity contribution >= 4 is 0 Å². The van der Waals surface area contributed by atoms with Gasteiger partial charge >= 0.3 is 0 Å². The quantitative estimate of drug-likeness (QED) is 0.864. The molecule has 0 heterocycles. The predicted molar refractivity (Wildman–Crippen MR) is 69.6 cm³/mol. The van der Waals surface area contributed by atoms with Crippen molar-refractivity contribution in [2.24, 2.45) is 5.41 Å². The smallest absolute Gasteiger partial charge is 0.126 e. The predicted octanol–water partition coefficient (Wildman–Crippen LogP) is 3.63. The molecule has 1 aliphatic rings. The van der Waals surface area contributed by atoms with Gasteiger partial charge in [-0.2, -0.15) is 0 Å². The van der Waals surface area contributed by atoms with Gasteiger partial charge in [0.15, 0.2) is 0 Å². The van der Waals surface area contributed by atoms with Gasteiger partial charge in [0, 0.05) is 18.0 Å². The molecule has 100 valence electrons. The van der Waals surface area contributed by atoms with Crippen LogP contribution in [0, 0.1) is 17.0 Å². The third-order valence-corrected chi connectivity index (χ3v) is 3.82. The highest BCUT2D eigenvalue weighted by molar-refractivity contribution is 5.32. The maximum Gasteiger partial charge on any atom is 0.126 e. The van der Waals surface area contributed by atoms with E-state index >= 15 is 0 Å². The molecule has 1 saturated carbocycles. The monoisotopic (exact) mass is 253 g/mol. The summed E-state index contributed by atoms with van der Waals surface area (Å²) in [5.41, 5.74) is 0.945. The van der Waals surface area contributed by atoms with Crippen molar-refractivity contribution in [3.8, 4) is 0 Å². The van der Waals surface area contributed by atoms with Crippen LogP contribution in [-0.4, -0.2) is 13.1 Å². The third kappa shape index (κ3) is 2.56. The van der Waals surface area contributed by atoms with Gasteiger partial charge in [-0.15, -0.1) is 0 Å². The van der Waals surface area contributed by atoms with Crippen molar-refractivity contribution in [1.29, 1.82) is 0 Å². The maximum atomic E-state index is 13.4. The molecule has 2 rings (SSSR count). The lowest BCUT2D eigenvalue weighted by Crippen LogP contribution is -2.52. The third-order valence-electron chi connectivity index (χ3n) is 3.82. The van der Waals surface area contributed by atoms with Crippen LogP contribution in [0.1, 0.15) is 39.2 Å². The summed E-state index contributed by atoms with van der Waals surface area (Å²) in [6.45, 7) is 8.11. The molecule has 1 aliphatic carbocycles. The van der Waals surface area contributed by atoms with Crippen LogP contribution in [-0.2, 0) is 5.41 Å². The zero-order valence-corrected chi connectivity index (χ0v) is 11.3. The van der Waals surface area contributed by atoms with Gasteiger partial charge in [-0.25, -0.2) is 8.78 Å². The van der Waals surface area contributed by atoms with Crippen LogP contribution in [0.3, 0.4) is 0 Å².